The van der Waals surface area contributed by atoms with Crippen LogP contribution in [0.25, 0.3) is 0 Å². The fourth-order valence-corrected chi connectivity index (χ4v) is 1.68. The van der Waals surface area contributed by atoms with Crippen LogP contribution in [0.3, 0.4) is 0 Å². The first-order chi connectivity index (χ1) is 8.28. The number of rotatable bonds is 3. The Morgan fingerprint density at radius 2 is 1.29 bits per heavy atom. The van der Waals surface area contributed by atoms with Gasteiger partial charge in [0.15, 0.2) is 0 Å². The van der Waals surface area contributed by atoms with Gasteiger partial charge in [0, 0.05) is 16.3 Å². The van der Waals surface area contributed by atoms with E-state index in [-0.39, 0.29) is 0 Å². The Morgan fingerprint density at radius 1 is 0.824 bits per heavy atom. The first-order valence-electron chi connectivity index (χ1n) is 5.23. The van der Waals surface area contributed by atoms with Gasteiger partial charge >= 0.3 is 0 Å². The van der Waals surface area contributed by atoms with Gasteiger partial charge in [-0.05, 0) is 71.1 Å². The lowest BCUT2D eigenvalue weighted by atomic mass is 10.3. The van der Waals surface area contributed by atoms with E-state index in [1.807, 2.05) is 55.6 Å². The maximum absolute atomic E-state index is 4.18. The summed E-state index contributed by atoms with van der Waals surface area (Å²) in [6.45, 7) is 0. The second-order valence-corrected chi connectivity index (χ2v) is 4.72. The third-order valence-electron chi connectivity index (χ3n) is 2.26. The van der Waals surface area contributed by atoms with Crippen molar-refractivity contribution in [1.82, 2.24) is 0 Å². The highest BCUT2D eigenvalue weighted by Gasteiger charge is 1.92. The summed E-state index contributed by atoms with van der Waals surface area (Å²) in [6, 6.07) is 15.7. The fourth-order valence-electron chi connectivity index (χ4n) is 1.32. The molecule has 0 spiro atoms. The summed E-state index contributed by atoms with van der Waals surface area (Å²) in [5.41, 5.74) is 2.78. The van der Waals surface area contributed by atoms with Gasteiger partial charge in [0.25, 0.3) is 0 Å². The van der Waals surface area contributed by atoms with Crippen molar-refractivity contribution in [2.45, 2.75) is 0 Å². The largest absolute Gasteiger partial charge is 0.388 e. The molecule has 2 rings (SSSR count). The molecule has 0 bridgehead atoms. The van der Waals surface area contributed by atoms with E-state index in [1.165, 1.54) is 3.57 Å². The zero-order valence-corrected chi connectivity index (χ0v) is 11.5. The Bertz CT molecular complexity index is 503. The summed E-state index contributed by atoms with van der Waals surface area (Å²) in [5, 5.41) is 11.4. The molecule has 0 saturated carbocycles. The summed E-state index contributed by atoms with van der Waals surface area (Å²) in [5.74, 6) is 0. The van der Waals surface area contributed by atoms with Crippen LogP contribution in [0.2, 0.25) is 0 Å². The van der Waals surface area contributed by atoms with E-state index in [4.69, 9.17) is 0 Å². The van der Waals surface area contributed by atoms with Gasteiger partial charge in [0.05, 0.1) is 11.4 Å². The van der Waals surface area contributed by atoms with E-state index in [2.05, 4.69) is 38.1 Å². The Morgan fingerprint density at radius 3 is 1.76 bits per heavy atom. The molecule has 0 unspecified atom stereocenters. The van der Waals surface area contributed by atoms with Crippen molar-refractivity contribution in [3.63, 3.8) is 0 Å². The molecule has 0 heterocycles. The molecule has 0 radical (unpaired) electrons. The monoisotopic (exact) mass is 337 g/mol. The summed E-state index contributed by atoms with van der Waals surface area (Å²) in [6.07, 6.45) is 0. The van der Waals surface area contributed by atoms with E-state index in [0.29, 0.717) is 0 Å². The van der Waals surface area contributed by atoms with Gasteiger partial charge in [-0.3, -0.25) is 0 Å². The average Bonchev–Trinajstić information content (AvgIpc) is 2.39. The molecule has 0 amide bonds. The van der Waals surface area contributed by atoms with Crippen LogP contribution in [-0.2, 0) is 0 Å². The van der Waals surface area contributed by atoms with Gasteiger partial charge in [-0.25, -0.2) is 0 Å². The minimum atomic E-state index is 0.850. The van der Waals surface area contributed by atoms with Crippen LogP contribution < -0.4 is 5.32 Å². The highest BCUT2D eigenvalue weighted by atomic mass is 127. The summed E-state index contributed by atoms with van der Waals surface area (Å²) in [4.78, 5) is 0. The van der Waals surface area contributed by atoms with E-state index >= 15 is 0 Å². The fraction of sp³-hybridized carbons (Fsp3) is 0.0769. The second kappa shape index (κ2) is 5.77. The highest BCUT2D eigenvalue weighted by molar-refractivity contribution is 14.1. The lowest BCUT2D eigenvalue weighted by Gasteiger charge is -1.98. The molecule has 3 nitrogen and oxygen atoms in total. The standard InChI is InChI=1S/C13H12IN3/c1-15-11-6-8-13(9-7-11)17-16-12-4-2-10(14)3-5-12/h2-9,15H,1H3/b17-16+. The zero-order chi connectivity index (χ0) is 12.1. The van der Waals surface area contributed by atoms with Gasteiger partial charge in [-0.1, -0.05) is 0 Å². The number of nitrogens with zero attached hydrogens (tertiary/aromatic N) is 2. The summed E-state index contributed by atoms with van der Waals surface area (Å²) >= 11 is 2.26. The molecule has 2 aromatic carbocycles. The van der Waals surface area contributed by atoms with Crippen LogP contribution in [0.15, 0.2) is 58.8 Å². The zero-order valence-electron chi connectivity index (χ0n) is 9.39. The third-order valence-corrected chi connectivity index (χ3v) is 2.98. The van der Waals surface area contributed by atoms with Crippen LogP contribution in [0, 0.1) is 3.57 Å². The van der Waals surface area contributed by atoms with Crippen LogP contribution >= 0.6 is 22.6 Å². The van der Waals surface area contributed by atoms with E-state index < -0.39 is 0 Å². The molecular weight excluding hydrogens is 325 g/mol. The molecule has 0 fully saturated rings. The van der Waals surface area contributed by atoms with E-state index in [1.54, 1.807) is 0 Å². The Balaban J connectivity index is 2.11. The van der Waals surface area contributed by atoms with Gasteiger partial charge in [-0.15, -0.1) is 0 Å². The first-order valence-corrected chi connectivity index (χ1v) is 6.31. The normalized spacial score (nSPS) is 10.7. The predicted octanol–water partition coefficient (Wildman–Crippen LogP) is 4.75. The minimum Gasteiger partial charge on any atom is -0.388 e. The predicted molar refractivity (Wildman–Crippen MR) is 79.3 cm³/mol. The average molecular weight is 337 g/mol. The summed E-state index contributed by atoms with van der Waals surface area (Å²) < 4.78 is 1.19. The minimum absolute atomic E-state index is 0.850. The molecule has 17 heavy (non-hydrogen) atoms. The molecule has 4 heteroatoms. The van der Waals surface area contributed by atoms with Crippen molar-refractivity contribution in [2.75, 3.05) is 12.4 Å². The van der Waals surface area contributed by atoms with Crippen LogP contribution in [-0.4, -0.2) is 7.05 Å². The number of hydrogen-bond donors (Lipinski definition) is 1. The van der Waals surface area contributed by atoms with E-state index in [9.17, 15) is 0 Å². The quantitative estimate of drug-likeness (QED) is 0.637. The Hall–Kier alpha value is -1.43. The highest BCUT2D eigenvalue weighted by Crippen LogP contribution is 2.20. The van der Waals surface area contributed by atoms with Crippen molar-refractivity contribution in [3.05, 3.63) is 52.1 Å². The second-order valence-electron chi connectivity index (χ2n) is 3.47. The Kier molecular flexibility index (Phi) is 4.08. The van der Waals surface area contributed by atoms with Crippen molar-refractivity contribution in [1.29, 1.82) is 0 Å². The Labute approximate surface area is 114 Å². The number of anilines is 1. The van der Waals surface area contributed by atoms with Crippen molar-refractivity contribution in [3.8, 4) is 0 Å². The van der Waals surface area contributed by atoms with Crippen molar-refractivity contribution in [2.24, 2.45) is 10.2 Å². The molecule has 0 saturated heterocycles. The number of nitrogens with one attached hydrogen (secondary N) is 1. The van der Waals surface area contributed by atoms with Gasteiger partial charge in [-0.2, -0.15) is 10.2 Å². The number of halogens is 1. The SMILES string of the molecule is CNc1ccc(/N=N/c2ccc(I)cc2)cc1. The van der Waals surface area contributed by atoms with Crippen molar-refractivity contribution < 1.29 is 0 Å². The van der Waals surface area contributed by atoms with Crippen molar-refractivity contribution >= 4 is 39.7 Å². The number of hydrogen-bond acceptors (Lipinski definition) is 3. The maximum atomic E-state index is 4.18. The van der Waals surface area contributed by atoms with E-state index in [0.717, 1.165) is 17.1 Å². The van der Waals surface area contributed by atoms with Crippen LogP contribution in [0.5, 0.6) is 0 Å². The van der Waals surface area contributed by atoms with Gasteiger partial charge < -0.3 is 5.32 Å². The third kappa shape index (κ3) is 3.52. The lowest BCUT2D eigenvalue weighted by Crippen LogP contribution is -1.84. The number of benzene rings is 2. The topological polar surface area (TPSA) is 36.8 Å². The molecular formula is C13H12IN3. The molecule has 0 aromatic heterocycles. The maximum Gasteiger partial charge on any atom is 0.0858 e. The molecule has 1 N–H and O–H groups in total. The lowest BCUT2D eigenvalue weighted by molar-refractivity contribution is 1.23. The van der Waals surface area contributed by atoms with Crippen LogP contribution in [0.4, 0.5) is 17.1 Å². The molecule has 86 valence electrons. The molecule has 0 atom stereocenters. The molecule has 0 aliphatic heterocycles. The molecule has 0 aliphatic rings. The van der Waals surface area contributed by atoms with Crippen LogP contribution in [0.1, 0.15) is 0 Å². The first kappa shape index (κ1) is 12.0. The summed E-state index contributed by atoms with van der Waals surface area (Å²) in [7, 11) is 1.89. The van der Waals surface area contributed by atoms with Gasteiger partial charge in [0.1, 0.15) is 0 Å². The molecule has 2 aromatic rings. The smallest absolute Gasteiger partial charge is 0.0858 e. The molecule has 0 aliphatic carbocycles. The van der Waals surface area contributed by atoms with Gasteiger partial charge in [0.2, 0.25) is 0 Å². The number of azo groups is 1.